The summed E-state index contributed by atoms with van der Waals surface area (Å²) in [6.45, 7) is -0.250. The molecule has 0 unspecified atom stereocenters. The SMILES string of the molecule is COC1CC1.OCCO. The predicted octanol–water partition coefficient (Wildman–Crippen LogP) is -0.234. The Bertz CT molecular complexity index is 50.3. The standard InChI is InChI=1S/C4H8O.C2H6O2/c1-5-4-2-3-4;3-1-2-4/h4H,2-3H2,1H3;3-4H,1-2H2. The zero-order chi connectivity index (χ0) is 7.11. The largest absolute Gasteiger partial charge is 0.394 e. The molecule has 0 aromatic heterocycles. The highest BCUT2D eigenvalue weighted by Gasteiger charge is 2.19. The van der Waals surface area contributed by atoms with Gasteiger partial charge < -0.3 is 14.9 Å². The van der Waals surface area contributed by atoms with Crippen molar-refractivity contribution in [3.05, 3.63) is 0 Å². The zero-order valence-electron chi connectivity index (χ0n) is 5.71. The Balaban J connectivity index is 0.000000148. The molecule has 0 heterocycles. The molecule has 3 nitrogen and oxygen atoms in total. The van der Waals surface area contributed by atoms with Gasteiger partial charge in [-0.05, 0) is 12.8 Å². The molecule has 9 heavy (non-hydrogen) atoms. The van der Waals surface area contributed by atoms with Gasteiger partial charge in [-0.2, -0.15) is 0 Å². The van der Waals surface area contributed by atoms with Crippen LogP contribution in [0.4, 0.5) is 0 Å². The Morgan fingerprint density at radius 3 is 1.78 bits per heavy atom. The maximum absolute atomic E-state index is 7.62. The number of rotatable bonds is 2. The first kappa shape index (κ1) is 8.88. The minimum atomic E-state index is -0.125. The summed E-state index contributed by atoms with van der Waals surface area (Å²) in [5, 5.41) is 15.2. The Hall–Kier alpha value is -0.120. The molecule has 1 saturated carbocycles. The number of aliphatic hydroxyl groups excluding tert-OH is 2. The Morgan fingerprint density at radius 2 is 1.78 bits per heavy atom. The third-order valence-electron chi connectivity index (χ3n) is 0.958. The van der Waals surface area contributed by atoms with Gasteiger partial charge in [0.05, 0.1) is 19.3 Å². The fraction of sp³-hybridized carbons (Fsp3) is 1.00. The number of hydrogen-bond donors (Lipinski definition) is 2. The number of ether oxygens (including phenoxy) is 1. The van der Waals surface area contributed by atoms with Crippen LogP contribution in [-0.2, 0) is 4.74 Å². The number of hydrogen-bond acceptors (Lipinski definition) is 3. The van der Waals surface area contributed by atoms with E-state index in [1.807, 2.05) is 0 Å². The van der Waals surface area contributed by atoms with Gasteiger partial charge in [0.15, 0.2) is 0 Å². The van der Waals surface area contributed by atoms with Crippen molar-refractivity contribution in [2.24, 2.45) is 0 Å². The monoisotopic (exact) mass is 134 g/mol. The topological polar surface area (TPSA) is 49.7 Å². The normalized spacial score (nSPS) is 16.3. The van der Waals surface area contributed by atoms with Gasteiger partial charge in [-0.3, -0.25) is 0 Å². The first-order valence-electron chi connectivity index (χ1n) is 3.09. The van der Waals surface area contributed by atoms with Crippen molar-refractivity contribution in [1.82, 2.24) is 0 Å². The summed E-state index contributed by atoms with van der Waals surface area (Å²) in [5.74, 6) is 0. The van der Waals surface area contributed by atoms with E-state index in [1.165, 1.54) is 12.8 Å². The summed E-state index contributed by atoms with van der Waals surface area (Å²) in [6, 6.07) is 0. The van der Waals surface area contributed by atoms with Crippen molar-refractivity contribution in [3.63, 3.8) is 0 Å². The Morgan fingerprint density at radius 1 is 1.33 bits per heavy atom. The second kappa shape index (κ2) is 6.01. The summed E-state index contributed by atoms with van der Waals surface area (Å²) in [4.78, 5) is 0. The van der Waals surface area contributed by atoms with Gasteiger partial charge in [0.1, 0.15) is 0 Å². The predicted molar refractivity (Wildman–Crippen MR) is 34.2 cm³/mol. The van der Waals surface area contributed by atoms with E-state index in [4.69, 9.17) is 14.9 Å². The van der Waals surface area contributed by atoms with Crippen LogP contribution < -0.4 is 0 Å². The van der Waals surface area contributed by atoms with Crippen LogP contribution in [0.15, 0.2) is 0 Å². The van der Waals surface area contributed by atoms with Crippen LogP contribution in [0.1, 0.15) is 12.8 Å². The highest BCUT2D eigenvalue weighted by atomic mass is 16.5. The minimum Gasteiger partial charge on any atom is -0.394 e. The average molecular weight is 134 g/mol. The maximum atomic E-state index is 7.62. The molecule has 0 spiro atoms. The van der Waals surface area contributed by atoms with E-state index < -0.39 is 0 Å². The van der Waals surface area contributed by atoms with Crippen LogP contribution in [-0.4, -0.2) is 36.6 Å². The fourth-order valence-corrected chi connectivity index (χ4v) is 0.304. The van der Waals surface area contributed by atoms with Crippen LogP contribution in [0.3, 0.4) is 0 Å². The third-order valence-corrected chi connectivity index (χ3v) is 0.958. The lowest BCUT2D eigenvalue weighted by molar-refractivity contribution is 0.183. The highest BCUT2D eigenvalue weighted by Crippen LogP contribution is 2.21. The highest BCUT2D eigenvalue weighted by molar-refractivity contribution is 4.71. The quantitative estimate of drug-likeness (QED) is 0.548. The molecule has 0 aliphatic heterocycles. The summed E-state index contributed by atoms with van der Waals surface area (Å²) >= 11 is 0. The molecular formula is C6H14O3. The molecule has 56 valence electrons. The molecule has 2 N–H and O–H groups in total. The molecule has 3 heteroatoms. The van der Waals surface area contributed by atoms with E-state index in [0.29, 0.717) is 6.10 Å². The van der Waals surface area contributed by atoms with Crippen molar-refractivity contribution >= 4 is 0 Å². The zero-order valence-corrected chi connectivity index (χ0v) is 5.71. The van der Waals surface area contributed by atoms with Crippen LogP contribution in [0, 0.1) is 0 Å². The summed E-state index contributed by atoms with van der Waals surface area (Å²) in [6.07, 6.45) is 3.21. The van der Waals surface area contributed by atoms with Crippen molar-refractivity contribution in [1.29, 1.82) is 0 Å². The molecular weight excluding hydrogens is 120 g/mol. The minimum absolute atomic E-state index is 0.125. The molecule has 1 aliphatic rings. The second-order valence-electron chi connectivity index (χ2n) is 1.88. The van der Waals surface area contributed by atoms with Crippen LogP contribution >= 0.6 is 0 Å². The van der Waals surface area contributed by atoms with E-state index >= 15 is 0 Å². The van der Waals surface area contributed by atoms with Gasteiger partial charge in [-0.25, -0.2) is 0 Å². The lowest BCUT2D eigenvalue weighted by Crippen LogP contribution is -1.85. The maximum Gasteiger partial charge on any atom is 0.0662 e. The molecule has 1 fully saturated rings. The lowest BCUT2D eigenvalue weighted by Gasteiger charge is -1.80. The van der Waals surface area contributed by atoms with Crippen LogP contribution in [0.5, 0.6) is 0 Å². The summed E-state index contributed by atoms with van der Waals surface area (Å²) in [7, 11) is 1.76. The van der Waals surface area contributed by atoms with Crippen molar-refractivity contribution in [2.75, 3.05) is 20.3 Å². The molecule has 1 rings (SSSR count). The van der Waals surface area contributed by atoms with Gasteiger partial charge in [0, 0.05) is 7.11 Å². The smallest absolute Gasteiger partial charge is 0.0662 e. The average Bonchev–Trinajstić information content (AvgIpc) is 2.70. The van der Waals surface area contributed by atoms with Gasteiger partial charge >= 0.3 is 0 Å². The molecule has 0 amide bonds. The number of aliphatic hydroxyl groups is 2. The van der Waals surface area contributed by atoms with Crippen molar-refractivity contribution < 1.29 is 14.9 Å². The van der Waals surface area contributed by atoms with Crippen LogP contribution in [0.2, 0.25) is 0 Å². The molecule has 0 atom stereocenters. The molecule has 0 bridgehead atoms. The molecule has 0 aromatic rings. The summed E-state index contributed by atoms with van der Waals surface area (Å²) < 4.78 is 4.86. The number of methoxy groups -OCH3 is 1. The molecule has 1 aliphatic carbocycles. The van der Waals surface area contributed by atoms with E-state index in [9.17, 15) is 0 Å². The first-order valence-corrected chi connectivity index (χ1v) is 3.09. The molecule has 0 saturated heterocycles. The third kappa shape index (κ3) is 7.88. The fourth-order valence-electron chi connectivity index (χ4n) is 0.304. The van der Waals surface area contributed by atoms with E-state index in [-0.39, 0.29) is 13.2 Å². The second-order valence-corrected chi connectivity index (χ2v) is 1.88. The summed E-state index contributed by atoms with van der Waals surface area (Å²) in [5.41, 5.74) is 0. The first-order chi connectivity index (χ1) is 4.35. The Labute approximate surface area is 55.3 Å². The Kier molecular flexibility index (Phi) is 5.93. The van der Waals surface area contributed by atoms with Crippen molar-refractivity contribution in [2.45, 2.75) is 18.9 Å². The van der Waals surface area contributed by atoms with Gasteiger partial charge in [0.2, 0.25) is 0 Å². The van der Waals surface area contributed by atoms with Gasteiger partial charge in [-0.1, -0.05) is 0 Å². The molecule has 0 aromatic carbocycles. The van der Waals surface area contributed by atoms with Gasteiger partial charge in [-0.15, -0.1) is 0 Å². The van der Waals surface area contributed by atoms with Crippen LogP contribution in [0.25, 0.3) is 0 Å². The van der Waals surface area contributed by atoms with Gasteiger partial charge in [0.25, 0.3) is 0 Å². The van der Waals surface area contributed by atoms with E-state index in [1.54, 1.807) is 7.11 Å². The van der Waals surface area contributed by atoms with E-state index in [2.05, 4.69) is 0 Å². The lowest BCUT2D eigenvalue weighted by atomic mass is 10.8. The van der Waals surface area contributed by atoms with E-state index in [0.717, 1.165) is 0 Å². The molecule has 0 radical (unpaired) electrons. The van der Waals surface area contributed by atoms with Crippen molar-refractivity contribution in [3.8, 4) is 0 Å².